The number of nitrogens with zero attached hydrogens (tertiary/aromatic N) is 2. The second-order valence-corrected chi connectivity index (χ2v) is 4.90. The van der Waals surface area contributed by atoms with E-state index >= 15 is 0 Å². The van der Waals surface area contributed by atoms with Crippen LogP contribution in [-0.4, -0.2) is 29.6 Å². The van der Waals surface area contributed by atoms with E-state index in [1.165, 1.54) is 7.11 Å². The number of nitrogens with one attached hydrogen (secondary N) is 1. The minimum absolute atomic E-state index is 0.124. The zero-order chi connectivity index (χ0) is 14.7. The van der Waals surface area contributed by atoms with Gasteiger partial charge in [-0.1, -0.05) is 30.3 Å². The van der Waals surface area contributed by atoms with Gasteiger partial charge in [-0.3, -0.25) is 0 Å². The first-order valence-corrected chi connectivity index (χ1v) is 6.91. The fourth-order valence-corrected chi connectivity index (χ4v) is 2.49. The van der Waals surface area contributed by atoms with E-state index < -0.39 is 0 Å². The summed E-state index contributed by atoms with van der Waals surface area (Å²) in [6.07, 6.45) is 2.62. The molecule has 3 rings (SSSR count). The highest BCUT2D eigenvalue weighted by Crippen LogP contribution is 2.34. The van der Waals surface area contributed by atoms with Gasteiger partial charge in [-0.25, -0.2) is 9.78 Å². The van der Waals surface area contributed by atoms with Gasteiger partial charge in [0.25, 0.3) is 0 Å². The summed E-state index contributed by atoms with van der Waals surface area (Å²) in [6.45, 7) is 0.758. The van der Waals surface area contributed by atoms with Gasteiger partial charge in [-0.15, -0.1) is 0 Å². The number of aromatic nitrogens is 1. The van der Waals surface area contributed by atoms with Crippen LogP contribution in [0.2, 0.25) is 0 Å². The molecule has 108 valence electrons. The van der Waals surface area contributed by atoms with Crippen molar-refractivity contribution in [2.45, 2.75) is 12.5 Å². The largest absolute Gasteiger partial charge is 0.480 e. The summed E-state index contributed by atoms with van der Waals surface area (Å²) >= 11 is 0. The molecule has 0 spiro atoms. The van der Waals surface area contributed by atoms with Gasteiger partial charge in [0.1, 0.15) is 5.69 Å². The lowest BCUT2D eigenvalue weighted by molar-refractivity contribution is 0.126. The minimum atomic E-state index is -0.124. The fraction of sp³-hybridized carbons (Fsp3) is 0.250. The van der Waals surface area contributed by atoms with Crippen LogP contribution < -0.4 is 10.1 Å². The molecule has 1 saturated heterocycles. The van der Waals surface area contributed by atoms with Gasteiger partial charge in [-0.2, -0.15) is 0 Å². The molecule has 1 aromatic heterocycles. The molecule has 1 aliphatic heterocycles. The predicted molar refractivity (Wildman–Crippen MR) is 80.3 cm³/mol. The third-order valence-corrected chi connectivity index (χ3v) is 3.67. The number of anilines is 1. The molecule has 2 heterocycles. The van der Waals surface area contributed by atoms with Crippen LogP contribution in [0.3, 0.4) is 0 Å². The number of carbonyl (C=O) groups is 1. The number of pyridine rings is 1. The number of hydrogen-bond donors (Lipinski definition) is 1. The molecule has 0 unspecified atom stereocenters. The molecular weight excluding hydrogens is 266 g/mol. The summed E-state index contributed by atoms with van der Waals surface area (Å²) in [5.41, 5.74) is 1.75. The SMILES string of the molecule is COc1ncccc1NC(=O)N1CC[C@@H]1c1ccccc1. The van der Waals surface area contributed by atoms with Gasteiger partial charge in [0, 0.05) is 12.7 Å². The van der Waals surface area contributed by atoms with Crippen LogP contribution in [0, 0.1) is 0 Å². The number of carbonyl (C=O) groups excluding carboxylic acids is 1. The molecule has 5 heteroatoms. The second-order valence-electron chi connectivity index (χ2n) is 4.90. The highest BCUT2D eigenvalue weighted by molar-refractivity contribution is 5.91. The van der Waals surface area contributed by atoms with Gasteiger partial charge in [0.15, 0.2) is 0 Å². The van der Waals surface area contributed by atoms with Crippen molar-refractivity contribution >= 4 is 11.7 Å². The van der Waals surface area contributed by atoms with Crippen molar-refractivity contribution < 1.29 is 9.53 Å². The number of amides is 2. The minimum Gasteiger partial charge on any atom is -0.480 e. The van der Waals surface area contributed by atoms with Gasteiger partial charge in [-0.05, 0) is 24.1 Å². The number of urea groups is 1. The van der Waals surface area contributed by atoms with Crippen LogP contribution in [0.25, 0.3) is 0 Å². The lowest BCUT2D eigenvalue weighted by Crippen LogP contribution is -2.47. The maximum absolute atomic E-state index is 12.4. The molecule has 1 aromatic carbocycles. The maximum atomic E-state index is 12.4. The molecule has 21 heavy (non-hydrogen) atoms. The molecular formula is C16H17N3O2. The Morgan fingerprint density at radius 3 is 2.76 bits per heavy atom. The lowest BCUT2D eigenvalue weighted by atomic mass is 9.95. The first kappa shape index (κ1) is 13.4. The standard InChI is InChI=1S/C16H17N3O2/c1-21-15-13(8-5-10-17-15)18-16(20)19-11-9-14(19)12-6-3-2-4-7-12/h2-8,10,14H,9,11H2,1H3,(H,18,20)/t14-/m1/s1. The van der Waals surface area contributed by atoms with Crippen molar-refractivity contribution in [2.75, 3.05) is 19.0 Å². The third kappa shape index (κ3) is 2.67. The Morgan fingerprint density at radius 2 is 2.10 bits per heavy atom. The van der Waals surface area contributed by atoms with Crippen LogP contribution in [0.4, 0.5) is 10.5 Å². The van der Waals surface area contributed by atoms with E-state index in [1.54, 1.807) is 18.3 Å². The maximum Gasteiger partial charge on any atom is 0.322 e. The summed E-state index contributed by atoms with van der Waals surface area (Å²) in [5.74, 6) is 0.419. The van der Waals surface area contributed by atoms with E-state index in [1.807, 2.05) is 23.1 Å². The third-order valence-electron chi connectivity index (χ3n) is 3.67. The van der Waals surface area contributed by atoms with Crippen molar-refractivity contribution in [3.8, 4) is 5.88 Å². The zero-order valence-electron chi connectivity index (χ0n) is 11.8. The molecule has 2 aromatic rings. The van der Waals surface area contributed by atoms with E-state index in [2.05, 4.69) is 22.4 Å². The summed E-state index contributed by atoms with van der Waals surface area (Å²) in [7, 11) is 1.54. The number of benzene rings is 1. The summed E-state index contributed by atoms with van der Waals surface area (Å²) in [6, 6.07) is 13.6. The van der Waals surface area contributed by atoms with E-state index in [0.717, 1.165) is 18.5 Å². The van der Waals surface area contributed by atoms with E-state index in [4.69, 9.17) is 4.74 Å². The van der Waals surface area contributed by atoms with Crippen molar-refractivity contribution in [3.05, 3.63) is 54.2 Å². The quantitative estimate of drug-likeness (QED) is 0.941. The van der Waals surface area contributed by atoms with Crippen molar-refractivity contribution in [1.82, 2.24) is 9.88 Å². The fourth-order valence-electron chi connectivity index (χ4n) is 2.49. The molecule has 1 N–H and O–H groups in total. The summed E-state index contributed by atoms with van der Waals surface area (Å²) < 4.78 is 5.14. The zero-order valence-corrected chi connectivity index (χ0v) is 11.8. The normalized spacial score (nSPS) is 17.0. The first-order chi connectivity index (χ1) is 10.3. The Bertz CT molecular complexity index is 630. The van der Waals surface area contributed by atoms with Gasteiger partial charge >= 0.3 is 6.03 Å². The number of ether oxygens (including phenoxy) is 1. The van der Waals surface area contributed by atoms with Gasteiger partial charge in [0.05, 0.1) is 13.2 Å². The average molecular weight is 283 g/mol. The first-order valence-electron chi connectivity index (χ1n) is 6.91. The van der Waals surface area contributed by atoms with Crippen molar-refractivity contribution in [2.24, 2.45) is 0 Å². The van der Waals surface area contributed by atoms with Crippen LogP contribution in [-0.2, 0) is 0 Å². The molecule has 1 atom stereocenters. The molecule has 2 amide bonds. The lowest BCUT2D eigenvalue weighted by Gasteiger charge is -2.41. The molecule has 1 aliphatic rings. The number of hydrogen-bond acceptors (Lipinski definition) is 3. The molecule has 0 bridgehead atoms. The van der Waals surface area contributed by atoms with E-state index in [9.17, 15) is 4.79 Å². The highest BCUT2D eigenvalue weighted by atomic mass is 16.5. The average Bonchev–Trinajstić information content (AvgIpc) is 2.47. The Morgan fingerprint density at radius 1 is 1.29 bits per heavy atom. The highest BCUT2D eigenvalue weighted by Gasteiger charge is 2.33. The second kappa shape index (κ2) is 5.83. The molecule has 0 saturated carbocycles. The predicted octanol–water partition coefficient (Wildman–Crippen LogP) is 3.07. The van der Waals surface area contributed by atoms with Crippen LogP contribution >= 0.6 is 0 Å². The topological polar surface area (TPSA) is 54.5 Å². The van der Waals surface area contributed by atoms with Crippen molar-refractivity contribution in [3.63, 3.8) is 0 Å². The number of methoxy groups -OCH3 is 1. The van der Waals surface area contributed by atoms with Gasteiger partial charge in [0.2, 0.25) is 5.88 Å². The number of rotatable bonds is 3. The molecule has 0 aliphatic carbocycles. The smallest absolute Gasteiger partial charge is 0.322 e. The van der Waals surface area contributed by atoms with E-state index in [0.29, 0.717) is 11.6 Å². The van der Waals surface area contributed by atoms with Gasteiger partial charge < -0.3 is 15.0 Å². The molecule has 1 fully saturated rings. The van der Waals surface area contributed by atoms with Crippen molar-refractivity contribution in [1.29, 1.82) is 0 Å². The molecule has 5 nitrogen and oxygen atoms in total. The summed E-state index contributed by atoms with van der Waals surface area (Å²) in [5, 5.41) is 2.86. The monoisotopic (exact) mass is 283 g/mol. The Labute approximate surface area is 123 Å². The Hall–Kier alpha value is -2.56. The Balaban J connectivity index is 1.71. The Kier molecular flexibility index (Phi) is 3.73. The number of likely N-dealkylation sites (tertiary alicyclic amines) is 1. The molecule has 0 radical (unpaired) electrons. The van der Waals surface area contributed by atoms with Crippen LogP contribution in [0.15, 0.2) is 48.7 Å². The van der Waals surface area contributed by atoms with E-state index in [-0.39, 0.29) is 12.1 Å². The van der Waals surface area contributed by atoms with Crippen LogP contribution in [0.5, 0.6) is 5.88 Å². The van der Waals surface area contributed by atoms with Crippen LogP contribution in [0.1, 0.15) is 18.0 Å². The summed E-state index contributed by atoms with van der Waals surface area (Å²) in [4.78, 5) is 18.3.